The van der Waals surface area contributed by atoms with Gasteiger partial charge in [-0.2, -0.15) is 11.8 Å². The Hall–Kier alpha value is -0.530. The van der Waals surface area contributed by atoms with Gasteiger partial charge in [0.2, 0.25) is 0 Å². The summed E-state index contributed by atoms with van der Waals surface area (Å²) in [5.41, 5.74) is 0.523. The van der Waals surface area contributed by atoms with Gasteiger partial charge in [-0.25, -0.2) is 17.8 Å². The summed E-state index contributed by atoms with van der Waals surface area (Å²) >= 11 is 7.44. The minimum absolute atomic E-state index is 0.0755. The molecule has 1 saturated heterocycles. The lowest BCUT2D eigenvalue weighted by Gasteiger charge is -2.36. The predicted octanol–water partition coefficient (Wildman–Crippen LogP) is 2.27. The number of pyridine rings is 1. The lowest BCUT2D eigenvalue weighted by Crippen LogP contribution is -2.48. The van der Waals surface area contributed by atoms with Gasteiger partial charge in [0.25, 0.3) is 0 Å². The van der Waals surface area contributed by atoms with Gasteiger partial charge in [0, 0.05) is 29.4 Å². The summed E-state index contributed by atoms with van der Waals surface area (Å²) in [5.74, 6) is 1.50. The highest BCUT2D eigenvalue weighted by Gasteiger charge is 2.34. The first-order valence-electron chi connectivity index (χ1n) is 6.26. The smallest absolute Gasteiger partial charge is 0.171 e. The van der Waals surface area contributed by atoms with Crippen molar-refractivity contribution in [3.63, 3.8) is 0 Å². The fourth-order valence-corrected chi connectivity index (χ4v) is 5.31. The molecule has 0 amide bonds. The maximum atomic E-state index is 13.2. The van der Waals surface area contributed by atoms with E-state index in [-0.39, 0.29) is 11.6 Å². The molecule has 2 rings (SSSR count). The largest absolute Gasteiger partial charge is 0.338 e. The van der Waals surface area contributed by atoms with Crippen molar-refractivity contribution in [3.05, 3.63) is 23.6 Å². The molecule has 1 unspecified atom stereocenters. The lowest BCUT2D eigenvalue weighted by molar-refractivity contribution is 0.578. The second-order valence-corrected chi connectivity index (χ2v) is 8.31. The van der Waals surface area contributed by atoms with Crippen molar-refractivity contribution in [2.45, 2.75) is 18.2 Å². The molecule has 1 aliphatic heterocycles. The molecule has 4 nitrogen and oxygen atoms in total. The van der Waals surface area contributed by atoms with Crippen LogP contribution in [0.2, 0.25) is 0 Å². The summed E-state index contributed by atoms with van der Waals surface area (Å²) in [6, 6.07) is 1.31. The van der Waals surface area contributed by atoms with E-state index in [9.17, 15) is 12.8 Å². The van der Waals surface area contributed by atoms with E-state index in [1.807, 2.05) is 0 Å². The van der Waals surface area contributed by atoms with Crippen molar-refractivity contribution in [2.75, 3.05) is 28.7 Å². The van der Waals surface area contributed by atoms with Crippen LogP contribution in [0.3, 0.4) is 0 Å². The number of hydrogen-bond acceptors (Lipinski definition) is 5. The minimum atomic E-state index is -3.23. The van der Waals surface area contributed by atoms with E-state index < -0.39 is 21.0 Å². The van der Waals surface area contributed by atoms with Crippen molar-refractivity contribution >= 4 is 39.0 Å². The zero-order valence-electron chi connectivity index (χ0n) is 11.1. The van der Waals surface area contributed by atoms with Crippen molar-refractivity contribution in [1.29, 1.82) is 0 Å². The molecule has 1 atom stereocenters. The van der Waals surface area contributed by atoms with Crippen LogP contribution in [-0.4, -0.2) is 42.6 Å². The Morgan fingerprint density at radius 3 is 3.00 bits per heavy atom. The normalized spacial score (nSPS) is 20.1. The third-order valence-electron chi connectivity index (χ3n) is 3.23. The molecule has 20 heavy (non-hydrogen) atoms. The van der Waals surface area contributed by atoms with E-state index in [1.165, 1.54) is 6.07 Å². The maximum absolute atomic E-state index is 13.2. The summed E-state index contributed by atoms with van der Waals surface area (Å²) in [6.45, 7) is 2.20. The van der Waals surface area contributed by atoms with E-state index in [2.05, 4.69) is 4.98 Å². The number of sulfone groups is 1. The molecule has 1 aromatic rings. The standard InChI is InChI=1S/C12H16ClFN2O2S2/c1-2-20(17,18)11-8-19-4-3-16(11)12-9(6-13)5-10(14)7-15-12/h5,7,11H,2-4,6,8H2,1H3. The molecule has 0 bridgehead atoms. The number of hydrogen-bond donors (Lipinski definition) is 0. The van der Waals surface area contributed by atoms with Crippen LogP contribution < -0.4 is 4.90 Å². The molecular weight excluding hydrogens is 323 g/mol. The monoisotopic (exact) mass is 338 g/mol. The molecule has 2 heterocycles. The molecule has 0 N–H and O–H groups in total. The molecule has 0 spiro atoms. The Morgan fingerprint density at radius 1 is 1.60 bits per heavy atom. The van der Waals surface area contributed by atoms with Crippen LogP contribution in [0.15, 0.2) is 12.3 Å². The zero-order valence-corrected chi connectivity index (χ0v) is 13.4. The molecule has 0 radical (unpaired) electrons. The Morgan fingerprint density at radius 2 is 2.35 bits per heavy atom. The zero-order chi connectivity index (χ0) is 14.8. The molecule has 8 heteroatoms. The number of nitrogens with zero attached hydrogens (tertiary/aromatic N) is 2. The summed E-state index contributed by atoms with van der Waals surface area (Å²) in [7, 11) is -3.23. The molecule has 0 aromatic carbocycles. The van der Waals surface area contributed by atoms with Crippen LogP contribution in [0, 0.1) is 5.82 Å². The Kier molecular flexibility index (Phi) is 5.14. The first kappa shape index (κ1) is 15.9. The highest BCUT2D eigenvalue weighted by Crippen LogP contribution is 2.29. The van der Waals surface area contributed by atoms with Crippen LogP contribution >= 0.6 is 23.4 Å². The van der Waals surface area contributed by atoms with Gasteiger partial charge in [-0.1, -0.05) is 6.92 Å². The van der Waals surface area contributed by atoms with Gasteiger partial charge in [-0.05, 0) is 6.07 Å². The van der Waals surface area contributed by atoms with Crippen molar-refractivity contribution in [1.82, 2.24) is 4.98 Å². The molecular formula is C12H16ClFN2O2S2. The molecule has 112 valence electrons. The van der Waals surface area contributed by atoms with Gasteiger partial charge >= 0.3 is 0 Å². The van der Waals surface area contributed by atoms with Gasteiger partial charge in [0.1, 0.15) is 17.0 Å². The fourth-order valence-electron chi connectivity index (χ4n) is 2.14. The number of thioether (sulfide) groups is 1. The maximum Gasteiger partial charge on any atom is 0.171 e. The highest BCUT2D eigenvalue weighted by atomic mass is 35.5. The van der Waals surface area contributed by atoms with Gasteiger partial charge in [0.15, 0.2) is 9.84 Å². The van der Waals surface area contributed by atoms with Gasteiger partial charge in [0.05, 0.1) is 12.1 Å². The lowest BCUT2D eigenvalue weighted by atomic mass is 10.2. The fraction of sp³-hybridized carbons (Fsp3) is 0.583. The Bertz CT molecular complexity index is 583. The summed E-state index contributed by atoms with van der Waals surface area (Å²) in [6.07, 6.45) is 1.10. The summed E-state index contributed by atoms with van der Waals surface area (Å²) < 4.78 is 37.7. The second kappa shape index (κ2) is 6.49. The van der Waals surface area contributed by atoms with Crippen molar-refractivity contribution in [3.8, 4) is 0 Å². The topological polar surface area (TPSA) is 50.3 Å². The average Bonchev–Trinajstić information content (AvgIpc) is 2.47. The SMILES string of the molecule is CCS(=O)(=O)C1CSCCN1c1ncc(F)cc1CCl. The van der Waals surface area contributed by atoms with Crippen LogP contribution in [0.5, 0.6) is 0 Å². The van der Waals surface area contributed by atoms with Gasteiger partial charge < -0.3 is 4.90 Å². The number of halogens is 2. The number of anilines is 1. The quantitative estimate of drug-likeness (QED) is 0.788. The van der Waals surface area contributed by atoms with E-state index in [4.69, 9.17) is 11.6 Å². The molecule has 1 aromatic heterocycles. The molecule has 1 fully saturated rings. The van der Waals surface area contributed by atoms with Crippen LogP contribution in [0.1, 0.15) is 12.5 Å². The Balaban J connectivity index is 2.43. The van der Waals surface area contributed by atoms with E-state index >= 15 is 0 Å². The predicted molar refractivity (Wildman–Crippen MR) is 81.7 cm³/mol. The highest BCUT2D eigenvalue weighted by molar-refractivity contribution is 8.01. The van der Waals surface area contributed by atoms with Crippen molar-refractivity contribution < 1.29 is 12.8 Å². The van der Waals surface area contributed by atoms with Gasteiger partial charge in [-0.3, -0.25) is 0 Å². The minimum Gasteiger partial charge on any atom is -0.338 e. The Labute approximate surface area is 127 Å². The average molecular weight is 339 g/mol. The molecule has 1 aliphatic rings. The molecule has 0 aliphatic carbocycles. The summed E-state index contributed by atoms with van der Waals surface area (Å²) in [4.78, 5) is 5.81. The number of aromatic nitrogens is 1. The second-order valence-electron chi connectivity index (χ2n) is 4.44. The van der Waals surface area contributed by atoms with Crippen LogP contribution in [0.4, 0.5) is 10.2 Å². The van der Waals surface area contributed by atoms with E-state index in [1.54, 1.807) is 23.6 Å². The third-order valence-corrected chi connectivity index (χ3v) is 6.80. The number of alkyl halides is 1. The van der Waals surface area contributed by atoms with E-state index in [0.717, 1.165) is 11.9 Å². The molecule has 0 saturated carbocycles. The van der Waals surface area contributed by atoms with Gasteiger partial charge in [-0.15, -0.1) is 11.6 Å². The first-order valence-corrected chi connectivity index (χ1v) is 9.66. The van der Waals surface area contributed by atoms with Crippen molar-refractivity contribution in [2.24, 2.45) is 0 Å². The third kappa shape index (κ3) is 3.20. The summed E-state index contributed by atoms with van der Waals surface area (Å²) in [5, 5.41) is -0.619. The van der Waals surface area contributed by atoms with Crippen LogP contribution in [0.25, 0.3) is 0 Å². The van der Waals surface area contributed by atoms with Crippen LogP contribution in [-0.2, 0) is 15.7 Å². The van der Waals surface area contributed by atoms with E-state index in [0.29, 0.717) is 23.7 Å². The number of rotatable bonds is 4. The first-order chi connectivity index (χ1) is 9.49.